The highest BCUT2D eigenvalue weighted by atomic mass is 16.6. The summed E-state index contributed by atoms with van der Waals surface area (Å²) in [5.41, 5.74) is 0. The number of hydrogen-bond acceptors (Lipinski definition) is 4. The molecule has 6 nitrogen and oxygen atoms in total. The maximum Gasteiger partial charge on any atom is 0.326 e. The largest absolute Gasteiger partial charge is 0.480 e. The van der Waals surface area contributed by atoms with Crippen molar-refractivity contribution >= 4 is 11.9 Å². The van der Waals surface area contributed by atoms with Gasteiger partial charge in [0.25, 0.3) is 5.91 Å². The molecule has 2 N–H and O–H groups in total. The van der Waals surface area contributed by atoms with Crippen molar-refractivity contribution in [1.29, 1.82) is 0 Å². The summed E-state index contributed by atoms with van der Waals surface area (Å²) in [5.74, 6) is -1.25. The summed E-state index contributed by atoms with van der Waals surface area (Å²) in [5, 5.41) is 11.5. The third-order valence-electron chi connectivity index (χ3n) is 2.43. The number of amides is 1. The number of carboxylic acid groups (broad SMARTS) is 1. The van der Waals surface area contributed by atoms with Crippen LogP contribution in [0.1, 0.15) is 20.3 Å². The lowest BCUT2D eigenvalue weighted by molar-refractivity contribution is -0.152. The molecule has 17 heavy (non-hydrogen) atoms. The summed E-state index contributed by atoms with van der Waals surface area (Å²) < 4.78 is 10.3. The number of hydrogen-bond donors (Lipinski definition) is 2. The molecule has 98 valence electrons. The van der Waals surface area contributed by atoms with Crippen LogP contribution >= 0.6 is 0 Å². The molecule has 1 saturated heterocycles. The fraction of sp³-hybridized carbons (Fsp3) is 0.818. The monoisotopic (exact) mass is 245 g/mol. The predicted molar refractivity (Wildman–Crippen MR) is 59.6 cm³/mol. The number of nitrogens with one attached hydrogen (secondary N) is 1. The normalized spacial score (nSPS) is 22.2. The lowest BCUT2D eigenvalue weighted by atomic mass is 10.0. The van der Waals surface area contributed by atoms with Crippen molar-refractivity contribution < 1.29 is 24.2 Å². The van der Waals surface area contributed by atoms with Crippen LogP contribution in [0.3, 0.4) is 0 Å². The van der Waals surface area contributed by atoms with E-state index in [-0.39, 0.29) is 12.5 Å². The second-order valence-electron chi connectivity index (χ2n) is 4.46. The molecule has 1 amide bonds. The van der Waals surface area contributed by atoms with Crippen molar-refractivity contribution in [2.24, 2.45) is 5.92 Å². The number of aliphatic carboxylic acids is 1. The Kier molecular flexibility index (Phi) is 5.37. The second-order valence-corrected chi connectivity index (χ2v) is 4.46. The maximum absolute atomic E-state index is 11.7. The van der Waals surface area contributed by atoms with Crippen molar-refractivity contribution in [3.63, 3.8) is 0 Å². The van der Waals surface area contributed by atoms with Crippen LogP contribution in [0.4, 0.5) is 0 Å². The topological polar surface area (TPSA) is 84.9 Å². The van der Waals surface area contributed by atoms with Gasteiger partial charge in [-0.3, -0.25) is 4.79 Å². The smallest absolute Gasteiger partial charge is 0.326 e. The van der Waals surface area contributed by atoms with Gasteiger partial charge >= 0.3 is 5.97 Å². The van der Waals surface area contributed by atoms with E-state index in [0.717, 1.165) is 0 Å². The Balaban J connectivity index is 2.47. The van der Waals surface area contributed by atoms with Gasteiger partial charge in [0.05, 0.1) is 19.8 Å². The molecule has 2 atom stereocenters. The van der Waals surface area contributed by atoms with E-state index in [9.17, 15) is 9.59 Å². The summed E-state index contributed by atoms with van der Waals surface area (Å²) in [6.45, 7) is 4.82. The van der Waals surface area contributed by atoms with Crippen molar-refractivity contribution in [3.05, 3.63) is 0 Å². The van der Waals surface area contributed by atoms with Gasteiger partial charge < -0.3 is 19.9 Å². The molecular formula is C11H19NO5. The van der Waals surface area contributed by atoms with Crippen molar-refractivity contribution in [2.45, 2.75) is 32.4 Å². The van der Waals surface area contributed by atoms with Gasteiger partial charge in [0.1, 0.15) is 6.04 Å². The minimum atomic E-state index is -1.02. The molecule has 1 unspecified atom stereocenters. The molecule has 0 aromatic heterocycles. The summed E-state index contributed by atoms with van der Waals surface area (Å²) in [4.78, 5) is 22.7. The molecule has 0 aromatic rings. The zero-order chi connectivity index (χ0) is 12.8. The van der Waals surface area contributed by atoms with E-state index in [4.69, 9.17) is 14.6 Å². The summed E-state index contributed by atoms with van der Waals surface area (Å²) in [6.07, 6.45) is -0.299. The first-order valence-corrected chi connectivity index (χ1v) is 5.73. The molecule has 1 heterocycles. The molecule has 6 heteroatoms. The van der Waals surface area contributed by atoms with Gasteiger partial charge in [-0.2, -0.15) is 0 Å². The van der Waals surface area contributed by atoms with E-state index < -0.39 is 24.0 Å². The highest BCUT2D eigenvalue weighted by molar-refractivity contribution is 5.86. The van der Waals surface area contributed by atoms with E-state index in [1.807, 2.05) is 13.8 Å². The van der Waals surface area contributed by atoms with E-state index in [0.29, 0.717) is 19.6 Å². The molecule has 1 fully saturated rings. The number of carbonyl (C=O) groups excluding carboxylic acids is 1. The van der Waals surface area contributed by atoms with Gasteiger partial charge in [-0.15, -0.1) is 0 Å². The fourth-order valence-corrected chi connectivity index (χ4v) is 1.60. The van der Waals surface area contributed by atoms with Crippen LogP contribution in [-0.4, -0.2) is 48.9 Å². The molecule has 0 saturated carbocycles. The molecule has 0 spiro atoms. The van der Waals surface area contributed by atoms with Crippen LogP contribution < -0.4 is 5.32 Å². The van der Waals surface area contributed by atoms with Crippen molar-refractivity contribution in [1.82, 2.24) is 5.32 Å². The number of carboxylic acids is 1. The maximum atomic E-state index is 11.7. The molecule has 1 rings (SSSR count). The summed E-state index contributed by atoms with van der Waals surface area (Å²) >= 11 is 0. The average molecular weight is 245 g/mol. The molecule has 0 aromatic carbocycles. The Morgan fingerprint density at radius 2 is 2.12 bits per heavy atom. The van der Waals surface area contributed by atoms with Crippen LogP contribution in [0, 0.1) is 5.92 Å². The third kappa shape index (κ3) is 4.70. The van der Waals surface area contributed by atoms with Gasteiger partial charge in [0.15, 0.2) is 6.10 Å². The molecule has 1 aliphatic rings. The number of carbonyl (C=O) groups is 2. The molecule has 0 bridgehead atoms. The number of rotatable bonds is 5. The molecule has 0 radical (unpaired) electrons. The Bertz CT molecular complexity index is 273. The Hall–Kier alpha value is -1.14. The summed E-state index contributed by atoms with van der Waals surface area (Å²) in [6, 6.07) is -0.868. The van der Waals surface area contributed by atoms with Crippen LogP contribution in [0.2, 0.25) is 0 Å². The second kappa shape index (κ2) is 6.56. The van der Waals surface area contributed by atoms with Crippen molar-refractivity contribution in [3.8, 4) is 0 Å². The first-order valence-electron chi connectivity index (χ1n) is 5.73. The van der Waals surface area contributed by atoms with Gasteiger partial charge in [-0.25, -0.2) is 4.79 Å². The first-order chi connectivity index (χ1) is 8.00. The Morgan fingerprint density at radius 1 is 1.41 bits per heavy atom. The predicted octanol–water partition coefficient (Wildman–Crippen LogP) is 0.0173. The zero-order valence-electron chi connectivity index (χ0n) is 10.1. The third-order valence-corrected chi connectivity index (χ3v) is 2.43. The molecule has 0 aliphatic carbocycles. The van der Waals surface area contributed by atoms with E-state index in [1.54, 1.807) is 0 Å². The molecular weight excluding hydrogens is 226 g/mol. The van der Waals surface area contributed by atoms with Crippen LogP contribution in [0.15, 0.2) is 0 Å². The van der Waals surface area contributed by atoms with E-state index in [2.05, 4.69) is 5.32 Å². The average Bonchev–Trinajstić information content (AvgIpc) is 2.28. The van der Waals surface area contributed by atoms with Gasteiger partial charge in [-0.05, 0) is 12.3 Å². The van der Waals surface area contributed by atoms with Crippen LogP contribution in [-0.2, 0) is 19.1 Å². The summed E-state index contributed by atoms with van der Waals surface area (Å²) in [7, 11) is 0. The van der Waals surface area contributed by atoms with Gasteiger partial charge in [0.2, 0.25) is 0 Å². The SMILES string of the molecule is CC(C)C[C@@H](NC(=O)C1COCCO1)C(=O)O. The van der Waals surface area contributed by atoms with E-state index >= 15 is 0 Å². The molecule has 1 aliphatic heterocycles. The van der Waals surface area contributed by atoms with Crippen molar-refractivity contribution in [2.75, 3.05) is 19.8 Å². The van der Waals surface area contributed by atoms with Gasteiger partial charge in [0, 0.05) is 0 Å². The standard InChI is InChI=1S/C11H19NO5/c1-7(2)5-8(11(14)15)12-10(13)9-6-16-3-4-17-9/h7-9H,3-6H2,1-2H3,(H,12,13)(H,14,15)/t8-,9?/m1/s1. The lowest BCUT2D eigenvalue weighted by Gasteiger charge is -2.24. The van der Waals surface area contributed by atoms with Gasteiger partial charge in [-0.1, -0.05) is 13.8 Å². The van der Waals surface area contributed by atoms with Crippen LogP contribution in [0.5, 0.6) is 0 Å². The van der Waals surface area contributed by atoms with E-state index in [1.165, 1.54) is 0 Å². The lowest BCUT2D eigenvalue weighted by Crippen LogP contribution is -2.49. The first kappa shape index (κ1) is 13.9. The minimum Gasteiger partial charge on any atom is -0.480 e. The van der Waals surface area contributed by atoms with Crippen LogP contribution in [0.25, 0.3) is 0 Å². The highest BCUT2D eigenvalue weighted by Gasteiger charge is 2.27. The zero-order valence-corrected chi connectivity index (χ0v) is 10.1. The number of ether oxygens (including phenoxy) is 2. The Morgan fingerprint density at radius 3 is 2.59 bits per heavy atom. The fourth-order valence-electron chi connectivity index (χ4n) is 1.60. The highest BCUT2D eigenvalue weighted by Crippen LogP contribution is 2.07. The quantitative estimate of drug-likeness (QED) is 0.713. The Labute approximate surface area is 100 Å². The minimum absolute atomic E-state index is 0.180.